The molecule has 0 N–H and O–H groups in total. The van der Waals surface area contributed by atoms with E-state index in [1.807, 2.05) is 61.7 Å². The van der Waals surface area contributed by atoms with Gasteiger partial charge < -0.3 is 9.15 Å². The summed E-state index contributed by atoms with van der Waals surface area (Å²) in [6.45, 7) is 2.25. The molecule has 0 radical (unpaired) electrons. The average Bonchev–Trinajstić information content (AvgIpc) is 3.36. The van der Waals surface area contributed by atoms with Crippen molar-refractivity contribution in [3.05, 3.63) is 76.9 Å². The van der Waals surface area contributed by atoms with Gasteiger partial charge in [-0.05, 0) is 43.3 Å². The van der Waals surface area contributed by atoms with Crippen molar-refractivity contribution < 1.29 is 9.15 Å². The Bertz CT molecular complexity index is 1050. The zero-order chi connectivity index (χ0) is 19.3. The summed E-state index contributed by atoms with van der Waals surface area (Å²) in [6, 6.07) is 15.2. The summed E-state index contributed by atoms with van der Waals surface area (Å²) in [5.74, 6) is 1.75. The van der Waals surface area contributed by atoms with Gasteiger partial charge >= 0.3 is 0 Å². The summed E-state index contributed by atoms with van der Waals surface area (Å²) in [4.78, 5) is 0. The van der Waals surface area contributed by atoms with E-state index in [1.165, 1.54) is 17.3 Å². The quantitative estimate of drug-likeness (QED) is 0.413. The molecule has 2 heterocycles. The Labute approximate surface area is 170 Å². The molecule has 0 fully saturated rings. The third-order valence-corrected chi connectivity index (χ3v) is 4.91. The van der Waals surface area contributed by atoms with Crippen molar-refractivity contribution in [2.24, 2.45) is 0 Å². The maximum absolute atomic E-state index is 5.91. The Kier molecular flexibility index (Phi) is 5.59. The van der Waals surface area contributed by atoms with Crippen LogP contribution in [0.4, 0.5) is 0 Å². The van der Waals surface area contributed by atoms with E-state index in [-0.39, 0.29) is 6.61 Å². The second-order valence-electron chi connectivity index (χ2n) is 5.98. The smallest absolute Gasteiger partial charge is 0.277 e. The van der Waals surface area contributed by atoms with Gasteiger partial charge in [0.1, 0.15) is 5.75 Å². The number of ether oxygens (including phenoxy) is 1. The highest BCUT2D eigenvalue weighted by Gasteiger charge is 2.10. The number of hydrogen-bond donors (Lipinski definition) is 0. The van der Waals surface area contributed by atoms with Gasteiger partial charge in [0.05, 0.1) is 17.6 Å². The van der Waals surface area contributed by atoms with Crippen molar-refractivity contribution in [2.75, 3.05) is 0 Å². The molecule has 7 nitrogen and oxygen atoms in total. The summed E-state index contributed by atoms with van der Waals surface area (Å²) in [6.07, 6.45) is 1.86. The fourth-order valence-electron chi connectivity index (χ4n) is 2.35. The van der Waals surface area contributed by atoms with Crippen LogP contribution >= 0.6 is 23.4 Å². The van der Waals surface area contributed by atoms with Crippen molar-refractivity contribution in [2.45, 2.75) is 24.5 Å². The third kappa shape index (κ3) is 4.71. The fourth-order valence-corrected chi connectivity index (χ4v) is 3.14. The summed E-state index contributed by atoms with van der Waals surface area (Å²) in [7, 11) is 0. The standard InChI is InChI=1S/C19H16ClN5O2S/c1-13-2-8-17(9-3-13)26-11-18-22-23-19(27-18)28-12-15-10-25(24-21-15)16-6-4-14(20)5-7-16/h2-10H,11-12H2,1H3. The number of halogens is 1. The van der Waals surface area contributed by atoms with Gasteiger partial charge in [0.2, 0.25) is 0 Å². The lowest BCUT2D eigenvalue weighted by atomic mass is 10.2. The largest absolute Gasteiger partial charge is 0.484 e. The zero-order valence-electron chi connectivity index (χ0n) is 14.9. The first kappa shape index (κ1) is 18.5. The minimum Gasteiger partial charge on any atom is -0.484 e. The van der Waals surface area contributed by atoms with Crippen molar-refractivity contribution in [3.8, 4) is 11.4 Å². The minimum absolute atomic E-state index is 0.226. The molecule has 0 spiro atoms. The van der Waals surface area contributed by atoms with Crippen LogP contribution in [0.5, 0.6) is 5.75 Å². The van der Waals surface area contributed by atoms with Crippen LogP contribution in [0.3, 0.4) is 0 Å². The molecule has 28 heavy (non-hydrogen) atoms. The van der Waals surface area contributed by atoms with Crippen LogP contribution in [0.2, 0.25) is 5.02 Å². The Morgan fingerprint density at radius 2 is 1.82 bits per heavy atom. The van der Waals surface area contributed by atoms with Crippen molar-refractivity contribution in [3.63, 3.8) is 0 Å². The first-order chi connectivity index (χ1) is 13.7. The van der Waals surface area contributed by atoms with E-state index in [0.717, 1.165) is 17.1 Å². The molecule has 0 saturated heterocycles. The van der Waals surface area contributed by atoms with E-state index >= 15 is 0 Å². The van der Waals surface area contributed by atoms with E-state index in [4.69, 9.17) is 20.8 Å². The minimum atomic E-state index is 0.226. The molecular formula is C19H16ClN5O2S. The lowest BCUT2D eigenvalue weighted by Gasteiger charge is -2.02. The molecular weight excluding hydrogens is 398 g/mol. The summed E-state index contributed by atoms with van der Waals surface area (Å²) in [5, 5.41) is 17.5. The number of thioether (sulfide) groups is 1. The second kappa shape index (κ2) is 8.45. The molecule has 0 aliphatic heterocycles. The number of rotatable bonds is 7. The summed E-state index contributed by atoms with van der Waals surface area (Å²) in [5.41, 5.74) is 2.87. The predicted octanol–water partition coefficient (Wildman–Crippen LogP) is 4.48. The van der Waals surface area contributed by atoms with Gasteiger partial charge in [-0.3, -0.25) is 0 Å². The molecule has 142 valence electrons. The molecule has 0 amide bonds. The van der Waals surface area contributed by atoms with Crippen LogP contribution in [0.1, 0.15) is 17.1 Å². The van der Waals surface area contributed by atoms with Gasteiger partial charge in [0.15, 0.2) is 6.61 Å². The van der Waals surface area contributed by atoms with Crippen LogP contribution in [0.25, 0.3) is 5.69 Å². The van der Waals surface area contributed by atoms with E-state index in [9.17, 15) is 0 Å². The van der Waals surface area contributed by atoms with E-state index < -0.39 is 0 Å². The van der Waals surface area contributed by atoms with Crippen LogP contribution in [-0.2, 0) is 12.4 Å². The summed E-state index contributed by atoms with van der Waals surface area (Å²) >= 11 is 7.30. The van der Waals surface area contributed by atoms with E-state index in [0.29, 0.717) is 21.9 Å². The number of nitrogens with zero attached hydrogens (tertiary/aromatic N) is 5. The van der Waals surface area contributed by atoms with E-state index in [1.54, 1.807) is 4.68 Å². The van der Waals surface area contributed by atoms with Crippen LogP contribution in [-0.4, -0.2) is 25.2 Å². The topological polar surface area (TPSA) is 78.9 Å². The van der Waals surface area contributed by atoms with Crippen molar-refractivity contribution in [1.29, 1.82) is 0 Å². The first-order valence-corrected chi connectivity index (χ1v) is 9.84. The molecule has 9 heteroatoms. The van der Waals surface area contributed by atoms with Gasteiger partial charge in [-0.15, -0.1) is 15.3 Å². The van der Waals surface area contributed by atoms with Crippen LogP contribution in [0.15, 0.2) is 64.4 Å². The zero-order valence-corrected chi connectivity index (χ0v) is 16.5. The molecule has 2 aromatic carbocycles. The molecule has 2 aromatic heterocycles. The Balaban J connectivity index is 1.31. The molecule has 0 unspecified atom stereocenters. The maximum Gasteiger partial charge on any atom is 0.277 e. The number of aryl methyl sites for hydroxylation is 1. The van der Waals surface area contributed by atoms with Gasteiger partial charge in [0, 0.05) is 10.8 Å². The van der Waals surface area contributed by atoms with E-state index in [2.05, 4.69) is 20.5 Å². The Morgan fingerprint density at radius 3 is 2.61 bits per heavy atom. The Morgan fingerprint density at radius 1 is 1.04 bits per heavy atom. The lowest BCUT2D eigenvalue weighted by Crippen LogP contribution is -1.95. The fraction of sp³-hybridized carbons (Fsp3) is 0.158. The highest BCUT2D eigenvalue weighted by molar-refractivity contribution is 7.98. The number of hydrogen-bond acceptors (Lipinski definition) is 7. The molecule has 0 aliphatic rings. The molecule has 0 bridgehead atoms. The molecule has 0 aliphatic carbocycles. The number of aromatic nitrogens is 5. The normalized spacial score (nSPS) is 10.9. The molecule has 4 rings (SSSR count). The highest BCUT2D eigenvalue weighted by atomic mass is 35.5. The van der Waals surface area contributed by atoms with Gasteiger partial charge in [-0.1, -0.05) is 46.3 Å². The van der Waals surface area contributed by atoms with Crippen molar-refractivity contribution >= 4 is 23.4 Å². The van der Waals surface area contributed by atoms with Gasteiger partial charge in [-0.2, -0.15) is 0 Å². The third-order valence-electron chi connectivity index (χ3n) is 3.81. The van der Waals surface area contributed by atoms with Gasteiger partial charge in [0.25, 0.3) is 11.1 Å². The lowest BCUT2D eigenvalue weighted by molar-refractivity contribution is 0.252. The summed E-state index contributed by atoms with van der Waals surface area (Å²) < 4.78 is 12.9. The van der Waals surface area contributed by atoms with Gasteiger partial charge in [-0.25, -0.2) is 4.68 Å². The van der Waals surface area contributed by atoms with Crippen LogP contribution in [0, 0.1) is 6.92 Å². The van der Waals surface area contributed by atoms with Crippen molar-refractivity contribution in [1.82, 2.24) is 25.2 Å². The average molecular weight is 414 g/mol. The molecule has 4 aromatic rings. The monoisotopic (exact) mass is 413 g/mol. The molecule has 0 saturated carbocycles. The highest BCUT2D eigenvalue weighted by Crippen LogP contribution is 2.22. The maximum atomic E-state index is 5.91. The number of benzene rings is 2. The SMILES string of the molecule is Cc1ccc(OCc2nnc(SCc3cn(-c4ccc(Cl)cc4)nn3)o2)cc1. The Hall–Kier alpha value is -2.84. The molecule has 0 atom stereocenters. The first-order valence-electron chi connectivity index (χ1n) is 8.47. The van der Waals surface area contributed by atoms with Crippen LogP contribution < -0.4 is 4.74 Å². The predicted molar refractivity (Wildman–Crippen MR) is 106 cm³/mol. The second-order valence-corrected chi connectivity index (χ2v) is 7.35.